The molecule has 1 heterocycles. The van der Waals surface area contributed by atoms with Crippen molar-refractivity contribution >= 4 is 11.8 Å². The van der Waals surface area contributed by atoms with Crippen LogP contribution in [0.3, 0.4) is 0 Å². The van der Waals surface area contributed by atoms with Gasteiger partial charge in [-0.1, -0.05) is 19.1 Å². The predicted octanol–water partition coefficient (Wildman–Crippen LogP) is 2.06. The highest BCUT2D eigenvalue weighted by Gasteiger charge is 2.14. The Hall–Kier alpha value is 0.01000. The van der Waals surface area contributed by atoms with Crippen LogP contribution in [0, 0.1) is 0 Å². The van der Waals surface area contributed by atoms with Crippen molar-refractivity contribution in [3.05, 3.63) is 12.2 Å². The quantitative estimate of drug-likeness (QED) is 0.657. The van der Waals surface area contributed by atoms with E-state index in [9.17, 15) is 0 Å². The largest absolute Gasteiger partial charge is 0.377 e. The minimum atomic E-state index is 0.506. The van der Waals surface area contributed by atoms with Crippen LogP contribution in [-0.2, 0) is 4.74 Å². The smallest absolute Gasteiger partial charge is 0.0666 e. The molecule has 0 spiro atoms. The molecule has 82 valence electrons. The van der Waals surface area contributed by atoms with Crippen LogP contribution in [0.4, 0.5) is 0 Å². The van der Waals surface area contributed by atoms with Crippen molar-refractivity contribution in [3.63, 3.8) is 0 Å². The summed E-state index contributed by atoms with van der Waals surface area (Å²) >= 11 is 1.94. The van der Waals surface area contributed by atoms with E-state index in [1.54, 1.807) is 0 Å². The van der Waals surface area contributed by atoms with Crippen LogP contribution in [0.2, 0.25) is 0 Å². The molecule has 1 unspecified atom stereocenters. The van der Waals surface area contributed by atoms with E-state index in [2.05, 4.69) is 18.8 Å². The Labute approximate surface area is 91.5 Å². The van der Waals surface area contributed by atoms with E-state index in [4.69, 9.17) is 4.74 Å². The van der Waals surface area contributed by atoms with Crippen LogP contribution < -0.4 is 5.32 Å². The topological polar surface area (TPSA) is 21.3 Å². The highest BCUT2D eigenvalue weighted by atomic mass is 32.2. The molecule has 2 nitrogen and oxygen atoms in total. The van der Waals surface area contributed by atoms with Crippen LogP contribution in [0.1, 0.15) is 19.8 Å². The molecule has 0 radical (unpaired) electrons. The molecule has 1 aliphatic rings. The molecule has 0 amide bonds. The van der Waals surface area contributed by atoms with Gasteiger partial charge in [0.05, 0.1) is 6.10 Å². The monoisotopic (exact) mass is 215 g/mol. The van der Waals surface area contributed by atoms with Crippen LogP contribution in [0.5, 0.6) is 0 Å². The lowest BCUT2D eigenvalue weighted by molar-refractivity contribution is 0.129. The summed E-state index contributed by atoms with van der Waals surface area (Å²) in [4.78, 5) is 0. The highest BCUT2D eigenvalue weighted by molar-refractivity contribution is 7.99. The molecule has 1 aliphatic heterocycles. The van der Waals surface area contributed by atoms with Gasteiger partial charge < -0.3 is 10.1 Å². The summed E-state index contributed by atoms with van der Waals surface area (Å²) in [6.45, 7) is 9.09. The predicted molar refractivity (Wildman–Crippen MR) is 64.0 cm³/mol. The second-order valence-electron chi connectivity index (χ2n) is 3.68. The van der Waals surface area contributed by atoms with E-state index in [1.807, 2.05) is 11.8 Å². The molecular formula is C11H21NOS. The molecule has 0 aromatic rings. The van der Waals surface area contributed by atoms with Gasteiger partial charge in [0.15, 0.2) is 0 Å². The lowest BCUT2D eigenvalue weighted by Gasteiger charge is -2.10. The molecule has 1 saturated heterocycles. The maximum absolute atomic E-state index is 5.55. The SMILES string of the molecule is C=C(CNCC)CSCC1CCCO1. The summed E-state index contributed by atoms with van der Waals surface area (Å²) in [6, 6.07) is 0. The first-order valence-electron chi connectivity index (χ1n) is 5.39. The van der Waals surface area contributed by atoms with E-state index in [0.717, 1.165) is 31.2 Å². The molecule has 1 fully saturated rings. The van der Waals surface area contributed by atoms with Gasteiger partial charge in [-0.3, -0.25) is 0 Å². The maximum Gasteiger partial charge on any atom is 0.0666 e. The number of nitrogens with one attached hydrogen (secondary N) is 1. The summed E-state index contributed by atoms with van der Waals surface area (Å²) in [5, 5.41) is 3.28. The molecule has 1 atom stereocenters. The zero-order chi connectivity index (χ0) is 10.2. The first-order valence-corrected chi connectivity index (χ1v) is 6.55. The van der Waals surface area contributed by atoms with Crippen molar-refractivity contribution in [2.75, 3.05) is 31.2 Å². The fourth-order valence-electron chi connectivity index (χ4n) is 1.46. The van der Waals surface area contributed by atoms with Crippen molar-refractivity contribution in [1.82, 2.24) is 5.32 Å². The second-order valence-corrected chi connectivity index (χ2v) is 4.71. The number of hydrogen-bond acceptors (Lipinski definition) is 3. The minimum Gasteiger partial charge on any atom is -0.377 e. The summed E-state index contributed by atoms with van der Waals surface area (Å²) < 4.78 is 5.55. The molecule has 3 heteroatoms. The van der Waals surface area contributed by atoms with Gasteiger partial charge >= 0.3 is 0 Å². The number of thioether (sulfide) groups is 1. The summed E-state index contributed by atoms with van der Waals surface area (Å²) in [5.41, 5.74) is 1.29. The van der Waals surface area contributed by atoms with Crippen LogP contribution in [-0.4, -0.2) is 37.3 Å². The molecule has 0 aromatic carbocycles. The standard InChI is InChI=1S/C11H21NOS/c1-3-12-7-10(2)8-14-9-11-5-4-6-13-11/h11-12H,2-9H2,1H3. The van der Waals surface area contributed by atoms with E-state index in [-0.39, 0.29) is 0 Å². The molecule has 0 bridgehead atoms. The van der Waals surface area contributed by atoms with Gasteiger partial charge in [0.2, 0.25) is 0 Å². The fourth-order valence-corrected chi connectivity index (χ4v) is 2.50. The first-order chi connectivity index (χ1) is 6.83. The number of ether oxygens (including phenoxy) is 1. The van der Waals surface area contributed by atoms with Crippen LogP contribution >= 0.6 is 11.8 Å². The zero-order valence-electron chi connectivity index (χ0n) is 9.05. The third kappa shape index (κ3) is 5.03. The maximum atomic E-state index is 5.55. The second kappa shape index (κ2) is 7.32. The molecule has 14 heavy (non-hydrogen) atoms. The number of hydrogen-bond donors (Lipinski definition) is 1. The first kappa shape index (κ1) is 12.1. The van der Waals surface area contributed by atoms with Crippen molar-refractivity contribution < 1.29 is 4.74 Å². The summed E-state index contributed by atoms with van der Waals surface area (Å²) in [5.74, 6) is 2.19. The normalized spacial score (nSPS) is 21.4. The van der Waals surface area contributed by atoms with Crippen LogP contribution in [0.25, 0.3) is 0 Å². The molecule has 0 saturated carbocycles. The molecule has 0 aliphatic carbocycles. The van der Waals surface area contributed by atoms with Crippen LogP contribution in [0.15, 0.2) is 12.2 Å². The van der Waals surface area contributed by atoms with Gasteiger partial charge in [0.1, 0.15) is 0 Å². The summed E-state index contributed by atoms with van der Waals surface area (Å²) in [6.07, 6.45) is 2.99. The lowest BCUT2D eigenvalue weighted by Crippen LogP contribution is -2.17. The van der Waals surface area contributed by atoms with E-state index >= 15 is 0 Å². The molecular weight excluding hydrogens is 194 g/mol. The fraction of sp³-hybridized carbons (Fsp3) is 0.818. The lowest BCUT2D eigenvalue weighted by atomic mass is 10.3. The molecule has 1 N–H and O–H groups in total. The Kier molecular flexibility index (Phi) is 6.32. The van der Waals surface area contributed by atoms with Gasteiger partial charge in [-0.2, -0.15) is 11.8 Å². The Morgan fingerprint density at radius 1 is 1.64 bits per heavy atom. The summed E-state index contributed by atoms with van der Waals surface area (Å²) in [7, 11) is 0. The van der Waals surface area contributed by atoms with Crippen molar-refractivity contribution in [3.8, 4) is 0 Å². The third-order valence-corrected chi connectivity index (χ3v) is 3.48. The molecule has 0 aromatic heterocycles. The average Bonchev–Trinajstić information content (AvgIpc) is 2.67. The third-order valence-electron chi connectivity index (χ3n) is 2.26. The van der Waals surface area contributed by atoms with Crippen molar-refractivity contribution in [2.24, 2.45) is 0 Å². The van der Waals surface area contributed by atoms with Gasteiger partial charge in [-0.05, 0) is 19.4 Å². The average molecular weight is 215 g/mol. The van der Waals surface area contributed by atoms with Gasteiger partial charge in [0, 0.05) is 24.7 Å². The Morgan fingerprint density at radius 2 is 2.50 bits per heavy atom. The van der Waals surface area contributed by atoms with Gasteiger partial charge in [-0.15, -0.1) is 0 Å². The van der Waals surface area contributed by atoms with Crippen molar-refractivity contribution in [1.29, 1.82) is 0 Å². The zero-order valence-corrected chi connectivity index (χ0v) is 9.87. The Bertz CT molecular complexity index is 167. The van der Waals surface area contributed by atoms with Gasteiger partial charge in [0.25, 0.3) is 0 Å². The highest BCUT2D eigenvalue weighted by Crippen LogP contribution is 2.18. The Morgan fingerprint density at radius 3 is 3.14 bits per heavy atom. The Balaban J connectivity index is 1.94. The van der Waals surface area contributed by atoms with E-state index < -0.39 is 0 Å². The van der Waals surface area contributed by atoms with Gasteiger partial charge in [-0.25, -0.2) is 0 Å². The molecule has 1 rings (SSSR count). The minimum absolute atomic E-state index is 0.506. The number of likely N-dealkylation sites (N-methyl/N-ethyl adjacent to an activating group) is 1. The van der Waals surface area contributed by atoms with E-state index in [1.165, 1.54) is 18.4 Å². The van der Waals surface area contributed by atoms with Crippen molar-refractivity contribution in [2.45, 2.75) is 25.9 Å². The number of rotatable bonds is 7. The van der Waals surface area contributed by atoms with E-state index in [0.29, 0.717) is 6.10 Å².